The smallest absolute Gasteiger partial charge is 0.338 e. The molecule has 0 bridgehead atoms. The van der Waals surface area contributed by atoms with Crippen molar-refractivity contribution < 1.29 is 19.1 Å². The first-order chi connectivity index (χ1) is 17.9. The van der Waals surface area contributed by atoms with Crippen LogP contribution in [0.15, 0.2) is 81.1 Å². The number of aliphatic imine (C=N–C) groups is 1. The van der Waals surface area contributed by atoms with Gasteiger partial charge in [-0.25, -0.2) is 9.79 Å². The zero-order valence-corrected chi connectivity index (χ0v) is 22.5. The number of benzene rings is 3. The molecule has 1 aliphatic rings. The molecule has 0 unspecified atom stereocenters. The number of amides is 1. The van der Waals surface area contributed by atoms with Crippen molar-refractivity contribution in [2.24, 2.45) is 4.99 Å². The molecule has 186 valence electrons. The van der Waals surface area contributed by atoms with Gasteiger partial charge in [-0.05, 0) is 82.7 Å². The normalized spacial score (nSPS) is 15.2. The van der Waals surface area contributed by atoms with Gasteiger partial charge in [0.2, 0.25) is 0 Å². The van der Waals surface area contributed by atoms with Crippen molar-refractivity contribution in [2.45, 2.75) is 13.5 Å². The van der Waals surface area contributed by atoms with E-state index in [0.717, 1.165) is 15.6 Å². The van der Waals surface area contributed by atoms with Crippen LogP contribution in [0.2, 0.25) is 0 Å². The van der Waals surface area contributed by atoms with Crippen LogP contribution in [-0.4, -0.2) is 35.6 Å². The number of carbonyl (C=O) groups excluding carboxylic acids is 2. The van der Waals surface area contributed by atoms with E-state index < -0.39 is 5.97 Å². The zero-order chi connectivity index (χ0) is 26.4. The van der Waals surface area contributed by atoms with E-state index in [-0.39, 0.29) is 19.1 Å². The Morgan fingerprint density at radius 2 is 1.97 bits per heavy atom. The molecule has 1 heterocycles. The molecule has 0 radical (unpaired) electrons. The first-order valence-corrected chi connectivity index (χ1v) is 12.9. The fraction of sp³-hybridized carbons (Fsp3) is 0.143. The first-order valence-electron chi connectivity index (χ1n) is 11.3. The highest BCUT2D eigenvalue weighted by molar-refractivity contribution is 9.10. The van der Waals surface area contributed by atoms with Crippen LogP contribution >= 0.6 is 27.7 Å². The fourth-order valence-corrected chi connectivity index (χ4v) is 4.96. The monoisotopic (exact) mass is 575 g/mol. The summed E-state index contributed by atoms with van der Waals surface area (Å²) < 4.78 is 11.7. The molecular weight excluding hydrogens is 554 g/mol. The van der Waals surface area contributed by atoms with Gasteiger partial charge in [0.1, 0.15) is 12.4 Å². The number of hydrogen-bond donors (Lipinski definition) is 0. The summed E-state index contributed by atoms with van der Waals surface area (Å²) in [4.78, 5) is 31.5. The van der Waals surface area contributed by atoms with Crippen LogP contribution in [0.3, 0.4) is 0 Å². The molecule has 37 heavy (non-hydrogen) atoms. The van der Waals surface area contributed by atoms with Gasteiger partial charge in [-0.15, -0.1) is 0 Å². The minimum Gasteiger partial charge on any atom is -0.488 e. The lowest BCUT2D eigenvalue weighted by molar-refractivity contribution is -0.121. The lowest BCUT2D eigenvalue weighted by atomic mass is 10.1. The van der Waals surface area contributed by atoms with Gasteiger partial charge in [0.15, 0.2) is 5.17 Å². The third kappa shape index (κ3) is 6.28. The van der Waals surface area contributed by atoms with Crippen LogP contribution in [0.5, 0.6) is 5.75 Å². The Morgan fingerprint density at radius 1 is 1.16 bits per heavy atom. The van der Waals surface area contributed by atoms with Crippen molar-refractivity contribution in [3.63, 3.8) is 0 Å². The summed E-state index contributed by atoms with van der Waals surface area (Å²) in [5, 5.41) is 9.76. The topological polar surface area (TPSA) is 92.0 Å². The lowest BCUT2D eigenvalue weighted by Crippen LogP contribution is -2.23. The molecule has 1 fully saturated rings. The molecule has 1 saturated heterocycles. The Labute approximate surface area is 227 Å². The summed E-state index contributed by atoms with van der Waals surface area (Å²) in [5.41, 5.74) is 3.15. The van der Waals surface area contributed by atoms with Crippen molar-refractivity contribution in [3.05, 3.63) is 98.4 Å². The summed E-state index contributed by atoms with van der Waals surface area (Å²) in [6.45, 7) is 2.30. The van der Waals surface area contributed by atoms with Crippen molar-refractivity contribution in [2.75, 3.05) is 13.7 Å². The number of carbonyl (C=O) groups is 2. The zero-order valence-electron chi connectivity index (χ0n) is 20.1. The lowest BCUT2D eigenvalue weighted by Gasteiger charge is -2.10. The summed E-state index contributed by atoms with van der Waals surface area (Å²) in [6.07, 6.45) is 1.79. The second kappa shape index (κ2) is 11.9. The highest BCUT2D eigenvalue weighted by Crippen LogP contribution is 2.35. The largest absolute Gasteiger partial charge is 0.488 e. The van der Waals surface area contributed by atoms with E-state index in [2.05, 4.69) is 27.0 Å². The minimum absolute atomic E-state index is 0.171. The van der Waals surface area contributed by atoms with Crippen molar-refractivity contribution >= 4 is 56.5 Å². The molecule has 0 atom stereocenters. The van der Waals surface area contributed by atoms with Gasteiger partial charge < -0.3 is 9.47 Å². The van der Waals surface area contributed by atoms with Crippen LogP contribution in [0.1, 0.15) is 34.0 Å². The van der Waals surface area contributed by atoms with Crippen molar-refractivity contribution in [1.29, 1.82) is 5.26 Å². The van der Waals surface area contributed by atoms with Gasteiger partial charge in [0.25, 0.3) is 5.91 Å². The van der Waals surface area contributed by atoms with Crippen molar-refractivity contribution in [3.8, 4) is 11.8 Å². The average Bonchev–Trinajstić information content (AvgIpc) is 3.16. The molecule has 3 aromatic carbocycles. The third-order valence-corrected chi connectivity index (χ3v) is 7.04. The molecule has 0 aromatic heterocycles. The molecule has 1 aliphatic heterocycles. The molecule has 9 heteroatoms. The number of thioether (sulfide) groups is 1. The van der Waals surface area contributed by atoms with Crippen LogP contribution in [-0.2, 0) is 16.1 Å². The van der Waals surface area contributed by atoms with Crippen LogP contribution < -0.4 is 4.74 Å². The van der Waals surface area contributed by atoms with Crippen LogP contribution in [0.25, 0.3) is 6.08 Å². The first kappa shape index (κ1) is 26.2. The molecule has 1 amide bonds. The predicted molar refractivity (Wildman–Crippen MR) is 147 cm³/mol. The SMILES string of the molecule is CCOC(=O)c1cccc(N=C2SC(=Cc3ccc(OCc4ccccc4C#N)c(Br)c3)C(=O)N2C)c1. The van der Waals surface area contributed by atoms with Gasteiger partial charge in [-0.1, -0.05) is 30.3 Å². The Hall–Kier alpha value is -3.87. The minimum atomic E-state index is -0.416. The standard InChI is InChI=1S/C28H22BrN3O4S/c1-3-35-27(34)19-9-6-10-22(15-19)31-28-32(2)26(33)25(37-28)14-18-11-12-24(23(29)13-18)36-17-21-8-5-4-7-20(21)16-30/h4-15H,3,17H2,1-2H3. The fourth-order valence-electron chi connectivity index (χ4n) is 3.46. The van der Waals surface area contributed by atoms with Gasteiger partial charge in [-0.2, -0.15) is 5.26 Å². The molecular formula is C28H22BrN3O4S. The van der Waals surface area contributed by atoms with Gasteiger partial charge in [0.05, 0.1) is 38.9 Å². The summed E-state index contributed by atoms with van der Waals surface area (Å²) in [5.74, 6) is 0.0388. The van der Waals surface area contributed by atoms with Crippen LogP contribution in [0.4, 0.5) is 5.69 Å². The number of amidine groups is 1. The van der Waals surface area contributed by atoms with Gasteiger partial charge in [-0.3, -0.25) is 9.69 Å². The summed E-state index contributed by atoms with van der Waals surface area (Å²) in [7, 11) is 1.66. The van der Waals surface area contributed by atoms with E-state index in [0.29, 0.717) is 32.6 Å². The Balaban J connectivity index is 1.49. The number of likely N-dealkylation sites (N-methyl/N-ethyl adjacent to an activating group) is 1. The van der Waals surface area contributed by atoms with E-state index in [1.807, 2.05) is 36.4 Å². The number of nitrogens with zero attached hydrogens (tertiary/aromatic N) is 3. The summed E-state index contributed by atoms with van der Waals surface area (Å²) in [6, 6.07) is 21.8. The number of rotatable bonds is 7. The van der Waals surface area contributed by atoms with E-state index in [4.69, 9.17) is 9.47 Å². The second-order valence-electron chi connectivity index (χ2n) is 7.89. The predicted octanol–water partition coefficient (Wildman–Crippen LogP) is 6.31. The quantitative estimate of drug-likeness (QED) is 0.242. The average molecular weight is 576 g/mol. The molecule has 3 aromatic rings. The maximum absolute atomic E-state index is 12.9. The highest BCUT2D eigenvalue weighted by Gasteiger charge is 2.30. The Bertz CT molecular complexity index is 1460. The van der Waals surface area contributed by atoms with Gasteiger partial charge in [0, 0.05) is 12.6 Å². The molecule has 4 rings (SSSR count). The molecule has 0 saturated carbocycles. The van der Waals surface area contributed by atoms with Crippen molar-refractivity contribution in [1.82, 2.24) is 4.90 Å². The third-order valence-electron chi connectivity index (χ3n) is 5.36. The number of halogens is 1. The Morgan fingerprint density at radius 3 is 2.73 bits per heavy atom. The van der Waals surface area contributed by atoms with E-state index in [1.54, 1.807) is 50.4 Å². The molecule has 0 spiro atoms. The van der Waals surface area contributed by atoms with E-state index in [1.165, 1.54) is 16.7 Å². The second-order valence-corrected chi connectivity index (χ2v) is 9.75. The summed E-state index contributed by atoms with van der Waals surface area (Å²) >= 11 is 4.79. The number of esters is 1. The molecule has 7 nitrogen and oxygen atoms in total. The molecule has 0 aliphatic carbocycles. The van der Waals surface area contributed by atoms with E-state index in [9.17, 15) is 14.9 Å². The highest BCUT2D eigenvalue weighted by atomic mass is 79.9. The number of ether oxygens (including phenoxy) is 2. The maximum atomic E-state index is 12.9. The van der Waals surface area contributed by atoms with Gasteiger partial charge >= 0.3 is 5.97 Å². The van der Waals surface area contributed by atoms with E-state index >= 15 is 0 Å². The number of hydrogen-bond acceptors (Lipinski definition) is 7. The van der Waals surface area contributed by atoms with Crippen LogP contribution in [0, 0.1) is 11.3 Å². The molecule has 0 N–H and O–H groups in total. The Kier molecular flexibility index (Phi) is 8.43. The number of nitriles is 1. The maximum Gasteiger partial charge on any atom is 0.338 e.